The monoisotopic (exact) mass is 678 g/mol. The molecule has 0 N–H and O–H groups in total. The van der Waals surface area contributed by atoms with Crippen LogP contribution in [-0.2, 0) is 12.3 Å². The fourth-order valence-corrected chi connectivity index (χ4v) is 16.2. The summed E-state index contributed by atoms with van der Waals surface area (Å²) in [5, 5.41) is 0. The number of halogens is 1. The third kappa shape index (κ3) is 16.3. The Bertz CT molecular complexity index is 764. The van der Waals surface area contributed by atoms with E-state index in [1.165, 1.54) is 153 Å². The number of benzene rings is 2. The molecule has 2 aromatic carbocycles. The van der Waals surface area contributed by atoms with E-state index < -0.39 is 4.25 Å². The van der Waals surface area contributed by atoms with Crippen LogP contribution < -0.4 is 0 Å². The van der Waals surface area contributed by atoms with Gasteiger partial charge in [-0.1, -0.05) is 0 Å². The first-order chi connectivity index (χ1) is 19.6. The quantitative estimate of drug-likeness (QED) is 0.0528. The van der Waals surface area contributed by atoms with Gasteiger partial charge < -0.3 is 0 Å². The Morgan fingerprint density at radius 3 is 0.975 bits per heavy atom. The second kappa shape index (κ2) is 22.2. The first-order valence-corrected chi connectivity index (χ1v) is 23.1. The minimum atomic E-state index is -1.99. The van der Waals surface area contributed by atoms with Gasteiger partial charge in [-0.05, 0) is 0 Å². The van der Waals surface area contributed by atoms with Crippen molar-refractivity contribution in [2.75, 3.05) is 12.3 Å². The van der Waals surface area contributed by atoms with Crippen molar-refractivity contribution in [3.8, 4) is 0 Å². The average molecular weight is 679 g/mol. The van der Waals surface area contributed by atoms with Gasteiger partial charge in [0, 0.05) is 0 Å². The van der Waals surface area contributed by atoms with Gasteiger partial charge in [0.25, 0.3) is 0 Å². The van der Waals surface area contributed by atoms with Gasteiger partial charge in [0.15, 0.2) is 0 Å². The average Bonchev–Trinajstić information content (AvgIpc) is 2.96. The van der Waals surface area contributed by atoms with Crippen molar-refractivity contribution in [1.29, 1.82) is 0 Å². The second-order valence-electron chi connectivity index (χ2n) is 12.9. The molecule has 0 amide bonds. The summed E-state index contributed by atoms with van der Waals surface area (Å²) in [5.74, 6) is 0. The van der Waals surface area contributed by atoms with Crippen LogP contribution >= 0.6 is 26.3 Å². The van der Waals surface area contributed by atoms with Crippen LogP contribution in [0.25, 0.3) is 0 Å². The number of unbranched alkanes of at least 4 members (excludes halogenated alkanes) is 18. The Morgan fingerprint density at radius 2 is 0.675 bits per heavy atom. The van der Waals surface area contributed by atoms with E-state index in [1.807, 2.05) is 0 Å². The first kappa shape index (κ1) is 35.8. The summed E-state index contributed by atoms with van der Waals surface area (Å²) in [6.07, 6.45) is 34.2. The van der Waals surface area contributed by atoms with Gasteiger partial charge in [-0.3, -0.25) is 0 Å². The molecule has 2 aromatic rings. The summed E-state index contributed by atoms with van der Waals surface area (Å²) in [5.41, 5.74) is 3.15. The molecule has 0 atom stereocenters. The van der Waals surface area contributed by atoms with E-state index in [1.54, 1.807) is 11.1 Å². The molecular weight excluding hydrogens is 614 g/mol. The number of hydrogen-bond donors (Lipinski definition) is 0. The maximum atomic E-state index is 3.12. The van der Waals surface area contributed by atoms with E-state index in [0.29, 0.717) is 0 Å². The molecule has 0 bridgehead atoms. The zero-order valence-corrected chi connectivity index (χ0v) is 29.6. The van der Waals surface area contributed by atoms with Crippen molar-refractivity contribution < 1.29 is 0 Å². The molecule has 2 heteroatoms. The Morgan fingerprint density at radius 1 is 0.400 bits per heavy atom. The van der Waals surface area contributed by atoms with Crippen LogP contribution in [0.3, 0.4) is 0 Å². The predicted molar refractivity (Wildman–Crippen MR) is 195 cm³/mol. The van der Waals surface area contributed by atoms with Crippen molar-refractivity contribution in [2.45, 2.75) is 155 Å². The summed E-state index contributed by atoms with van der Waals surface area (Å²) in [4.78, 5) is 0. The summed E-state index contributed by atoms with van der Waals surface area (Å²) in [6.45, 7) is 4.63. The fourth-order valence-electron chi connectivity index (χ4n) is 6.55. The Kier molecular flexibility index (Phi) is 19.8. The van der Waals surface area contributed by atoms with E-state index in [9.17, 15) is 0 Å². The van der Waals surface area contributed by atoms with Crippen LogP contribution in [0.4, 0.5) is 0 Å². The third-order valence-corrected chi connectivity index (χ3v) is 19.1. The molecule has 0 saturated carbocycles. The molecule has 0 radical (unpaired) electrons. The zero-order chi connectivity index (χ0) is 28.6. The molecule has 0 saturated heterocycles. The third-order valence-electron chi connectivity index (χ3n) is 8.98. The van der Waals surface area contributed by atoms with E-state index >= 15 is 0 Å². The van der Waals surface area contributed by atoms with Crippen LogP contribution in [0.5, 0.6) is 0 Å². The minimum absolute atomic E-state index is 1.32. The van der Waals surface area contributed by atoms with Gasteiger partial charge in [0.1, 0.15) is 0 Å². The molecule has 0 unspecified atom stereocenters. The topological polar surface area (TPSA) is 0 Å². The second-order valence-corrected chi connectivity index (χ2v) is 26.3. The Hall–Kier alpha value is -0.400. The number of hydrogen-bond acceptors (Lipinski definition) is 0. The van der Waals surface area contributed by atoms with Crippen molar-refractivity contribution in [3.63, 3.8) is 0 Å². The molecule has 0 aromatic heterocycles. The normalized spacial score (nSPS) is 12.8. The van der Waals surface area contributed by atoms with Crippen LogP contribution in [-0.4, -0.2) is 12.3 Å². The Labute approximate surface area is 263 Å². The molecular formula is C38H64IP. The van der Waals surface area contributed by atoms with E-state index in [-0.39, 0.29) is 0 Å². The van der Waals surface area contributed by atoms with Gasteiger partial charge in [-0.15, -0.1) is 0 Å². The summed E-state index contributed by atoms with van der Waals surface area (Å²) < 4.78 is -1.99. The van der Waals surface area contributed by atoms with E-state index in [0.717, 1.165) is 0 Å². The summed E-state index contributed by atoms with van der Waals surface area (Å²) >= 11 is 3.12. The van der Waals surface area contributed by atoms with Crippen molar-refractivity contribution in [2.24, 2.45) is 0 Å². The van der Waals surface area contributed by atoms with Gasteiger partial charge in [0.2, 0.25) is 0 Å². The molecule has 0 spiro atoms. The van der Waals surface area contributed by atoms with E-state index in [4.69, 9.17) is 0 Å². The maximum absolute atomic E-state index is 3.12. The molecule has 0 heterocycles. The van der Waals surface area contributed by atoms with E-state index in [2.05, 4.69) is 96.6 Å². The fraction of sp³-hybridized carbons (Fsp3) is 0.684. The SMILES string of the molecule is CCCCCCCCCCCCP(I)(CCCCCCCCCCCC)(Cc1ccccc1)Cc1ccccc1. The first-order valence-electron chi connectivity index (χ1n) is 17.4. The molecule has 228 valence electrons. The van der Waals surface area contributed by atoms with Gasteiger partial charge in [-0.2, -0.15) is 0 Å². The molecule has 0 aliphatic carbocycles. The van der Waals surface area contributed by atoms with Crippen LogP contribution in [0.1, 0.15) is 153 Å². The van der Waals surface area contributed by atoms with Crippen LogP contribution in [0, 0.1) is 0 Å². The van der Waals surface area contributed by atoms with Crippen molar-refractivity contribution >= 4 is 26.3 Å². The molecule has 0 aliphatic heterocycles. The van der Waals surface area contributed by atoms with Gasteiger partial charge >= 0.3 is 265 Å². The standard InChI is InChI=1S/C38H64IP/c1-3-5-7-9-11-13-15-17-19-27-33-40(39,35-37-29-23-21-24-30-37,36-38-31-25-22-26-32-38)34-28-20-18-16-14-12-10-8-6-4-2/h21-26,29-32H,3-20,27-28,33-36H2,1-2H3. The van der Waals surface area contributed by atoms with Crippen LogP contribution in [0.15, 0.2) is 60.7 Å². The van der Waals surface area contributed by atoms with Crippen LogP contribution in [0.2, 0.25) is 0 Å². The van der Waals surface area contributed by atoms with Crippen molar-refractivity contribution in [1.82, 2.24) is 0 Å². The zero-order valence-electron chi connectivity index (χ0n) is 26.6. The Balaban J connectivity index is 1.96. The summed E-state index contributed by atoms with van der Waals surface area (Å²) in [6, 6.07) is 23.0. The molecule has 0 nitrogen and oxygen atoms in total. The molecule has 40 heavy (non-hydrogen) atoms. The van der Waals surface area contributed by atoms with Gasteiger partial charge in [-0.25, -0.2) is 0 Å². The van der Waals surface area contributed by atoms with Gasteiger partial charge in [0.05, 0.1) is 0 Å². The van der Waals surface area contributed by atoms with Crippen molar-refractivity contribution in [3.05, 3.63) is 71.8 Å². The molecule has 0 aliphatic rings. The predicted octanol–water partition coefficient (Wildman–Crippen LogP) is 14.1. The summed E-state index contributed by atoms with van der Waals surface area (Å²) in [7, 11) is 0. The number of rotatable bonds is 26. The molecule has 0 fully saturated rings. The molecule has 2 rings (SSSR count).